The fraction of sp³-hybridized carbons (Fsp3) is 0.138. The summed E-state index contributed by atoms with van der Waals surface area (Å²) in [7, 11) is 0. The van der Waals surface area contributed by atoms with Crippen LogP contribution in [0.4, 0.5) is 5.69 Å². The van der Waals surface area contributed by atoms with Crippen LogP contribution in [0.5, 0.6) is 0 Å². The largest absolute Gasteiger partial charge is 0.350 e. The van der Waals surface area contributed by atoms with Crippen molar-refractivity contribution in [2.75, 3.05) is 4.90 Å². The van der Waals surface area contributed by atoms with Crippen LogP contribution in [-0.4, -0.2) is 16.8 Å². The van der Waals surface area contributed by atoms with Gasteiger partial charge in [-0.25, -0.2) is 0 Å². The van der Waals surface area contributed by atoms with Gasteiger partial charge in [0.15, 0.2) is 0 Å². The van der Waals surface area contributed by atoms with Crippen molar-refractivity contribution in [2.45, 2.75) is 26.4 Å². The van der Waals surface area contributed by atoms with Gasteiger partial charge in [-0.15, -0.1) is 0 Å². The first-order valence-corrected chi connectivity index (χ1v) is 11.3. The van der Waals surface area contributed by atoms with Gasteiger partial charge in [-0.05, 0) is 54.4 Å². The van der Waals surface area contributed by atoms with Crippen LogP contribution in [0.1, 0.15) is 32.7 Å². The molecule has 3 aromatic carbocycles. The van der Waals surface area contributed by atoms with Gasteiger partial charge < -0.3 is 10.2 Å². The average Bonchev–Trinajstić information content (AvgIpc) is 2.88. The van der Waals surface area contributed by atoms with E-state index in [0.29, 0.717) is 18.7 Å². The standard InChI is InChI=1S/C29H27N3O2/c1-22-10-12-24(13-11-22)21-32(29(34)25-7-3-2-4-8-25)27-16-14-23(15-17-27)19-28(33)31-20-26-9-5-6-18-30-26/h2-18H,19-21H2,1H3,(H,31,33). The lowest BCUT2D eigenvalue weighted by molar-refractivity contribution is -0.120. The molecule has 0 bridgehead atoms. The van der Waals surface area contributed by atoms with Gasteiger partial charge in [-0.1, -0.05) is 66.2 Å². The maximum Gasteiger partial charge on any atom is 0.258 e. The molecule has 170 valence electrons. The summed E-state index contributed by atoms with van der Waals surface area (Å²) in [6, 6.07) is 30.7. The number of hydrogen-bond donors (Lipinski definition) is 1. The Morgan fingerprint density at radius 1 is 0.794 bits per heavy atom. The number of anilines is 1. The highest BCUT2D eigenvalue weighted by molar-refractivity contribution is 6.06. The highest BCUT2D eigenvalue weighted by atomic mass is 16.2. The molecule has 0 saturated heterocycles. The Balaban J connectivity index is 1.48. The van der Waals surface area contributed by atoms with E-state index in [-0.39, 0.29) is 18.2 Å². The maximum atomic E-state index is 13.4. The third kappa shape index (κ3) is 6.17. The molecular weight excluding hydrogens is 422 g/mol. The van der Waals surface area contributed by atoms with Gasteiger partial charge in [0.05, 0.1) is 25.2 Å². The second-order valence-electron chi connectivity index (χ2n) is 8.18. The van der Waals surface area contributed by atoms with Crippen molar-refractivity contribution in [3.8, 4) is 0 Å². The van der Waals surface area contributed by atoms with Gasteiger partial charge in [-0.2, -0.15) is 0 Å². The van der Waals surface area contributed by atoms with Crippen LogP contribution in [-0.2, 0) is 24.3 Å². The highest BCUT2D eigenvalue weighted by Gasteiger charge is 2.18. The van der Waals surface area contributed by atoms with Crippen LogP contribution in [0.2, 0.25) is 0 Å². The molecule has 4 rings (SSSR count). The average molecular weight is 450 g/mol. The minimum atomic E-state index is -0.0738. The quantitative estimate of drug-likeness (QED) is 0.407. The van der Waals surface area contributed by atoms with E-state index >= 15 is 0 Å². The van der Waals surface area contributed by atoms with Crippen LogP contribution >= 0.6 is 0 Å². The monoisotopic (exact) mass is 449 g/mol. The topological polar surface area (TPSA) is 62.3 Å². The second-order valence-corrected chi connectivity index (χ2v) is 8.18. The predicted molar refractivity (Wildman–Crippen MR) is 134 cm³/mol. The normalized spacial score (nSPS) is 10.5. The van der Waals surface area contributed by atoms with Gasteiger partial charge in [0, 0.05) is 17.4 Å². The predicted octanol–water partition coefficient (Wildman–Crippen LogP) is 5.10. The van der Waals surface area contributed by atoms with Crippen LogP contribution in [0.25, 0.3) is 0 Å². The molecule has 0 saturated carbocycles. The van der Waals surface area contributed by atoms with Crippen molar-refractivity contribution in [2.24, 2.45) is 0 Å². The number of nitrogens with one attached hydrogen (secondary N) is 1. The molecule has 0 aliphatic carbocycles. The van der Waals surface area contributed by atoms with E-state index < -0.39 is 0 Å². The summed E-state index contributed by atoms with van der Waals surface area (Å²) >= 11 is 0. The Kier molecular flexibility index (Phi) is 7.45. The number of aryl methyl sites for hydroxylation is 1. The van der Waals surface area contributed by atoms with Crippen molar-refractivity contribution in [1.82, 2.24) is 10.3 Å². The number of benzene rings is 3. The molecule has 1 N–H and O–H groups in total. The summed E-state index contributed by atoms with van der Waals surface area (Å²) in [6.07, 6.45) is 1.97. The summed E-state index contributed by atoms with van der Waals surface area (Å²) < 4.78 is 0. The van der Waals surface area contributed by atoms with Crippen molar-refractivity contribution in [1.29, 1.82) is 0 Å². The van der Waals surface area contributed by atoms with Gasteiger partial charge >= 0.3 is 0 Å². The second kappa shape index (κ2) is 11.1. The molecule has 0 radical (unpaired) electrons. The Bertz CT molecular complexity index is 1220. The maximum absolute atomic E-state index is 13.4. The van der Waals surface area contributed by atoms with E-state index in [1.165, 1.54) is 5.56 Å². The van der Waals surface area contributed by atoms with E-state index in [1.807, 2.05) is 104 Å². The Morgan fingerprint density at radius 3 is 2.15 bits per heavy atom. The first-order valence-electron chi connectivity index (χ1n) is 11.3. The van der Waals surface area contributed by atoms with Gasteiger partial charge in [0.1, 0.15) is 0 Å². The molecule has 4 aromatic rings. The number of aromatic nitrogens is 1. The Hall–Kier alpha value is -4.25. The third-order valence-corrected chi connectivity index (χ3v) is 5.53. The number of rotatable bonds is 8. The van der Waals surface area contributed by atoms with Crippen molar-refractivity contribution < 1.29 is 9.59 Å². The molecule has 0 spiro atoms. The molecule has 5 heteroatoms. The van der Waals surface area contributed by atoms with Crippen molar-refractivity contribution in [3.63, 3.8) is 0 Å². The summed E-state index contributed by atoms with van der Waals surface area (Å²) in [5, 5.41) is 2.90. The Labute approximate surface area is 200 Å². The molecular formula is C29H27N3O2. The van der Waals surface area contributed by atoms with Crippen LogP contribution in [0.15, 0.2) is 103 Å². The van der Waals surface area contributed by atoms with Gasteiger partial charge in [0.2, 0.25) is 5.91 Å². The van der Waals surface area contributed by atoms with E-state index in [4.69, 9.17) is 0 Å². The third-order valence-electron chi connectivity index (χ3n) is 5.53. The zero-order valence-corrected chi connectivity index (χ0v) is 19.1. The first kappa shape index (κ1) is 22.9. The number of amides is 2. The Morgan fingerprint density at radius 2 is 1.47 bits per heavy atom. The smallest absolute Gasteiger partial charge is 0.258 e. The van der Waals surface area contributed by atoms with Crippen molar-refractivity contribution in [3.05, 3.63) is 131 Å². The first-order chi connectivity index (χ1) is 16.6. The minimum Gasteiger partial charge on any atom is -0.350 e. The van der Waals surface area contributed by atoms with E-state index in [0.717, 1.165) is 22.5 Å². The van der Waals surface area contributed by atoms with Gasteiger partial charge in [-0.3, -0.25) is 14.6 Å². The number of carbonyl (C=O) groups excluding carboxylic acids is 2. The fourth-order valence-electron chi connectivity index (χ4n) is 3.63. The zero-order valence-electron chi connectivity index (χ0n) is 19.1. The molecule has 0 atom stereocenters. The van der Waals surface area contributed by atoms with E-state index in [9.17, 15) is 9.59 Å². The molecule has 1 aromatic heterocycles. The van der Waals surface area contributed by atoms with Crippen LogP contribution in [0, 0.1) is 6.92 Å². The molecule has 0 aliphatic heterocycles. The molecule has 5 nitrogen and oxygen atoms in total. The summed E-state index contributed by atoms with van der Waals surface area (Å²) in [5.41, 5.74) is 5.34. The molecule has 0 unspecified atom stereocenters. The lowest BCUT2D eigenvalue weighted by Crippen LogP contribution is -2.30. The number of carbonyl (C=O) groups is 2. The molecule has 0 fully saturated rings. The molecule has 1 heterocycles. The van der Waals surface area contributed by atoms with Crippen LogP contribution in [0.3, 0.4) is 0 Å². The zero-order chi connectivity index (χ0) is 23.8. The number of nitrogens with zero attached hydrogens (tertiary/aromatic N) is 2. The molecule has 0 aliphatic rings. The summed E-state index contributed by atoms with van der Waals surface area (Å²) in [5.74, 6) is -0.141. The SMILES string of the molecule is Cc1ccc(CN(C(=O)c2ccccc2)c2ccc(CC(=O)NCc3ccccn3)cc2)cc1. The number of hydrogen-bond acceptors (Lipinski definition) is 3. The summed E-state index contributed by atoms with van der Waals surface area (Å²) in [6.45, 7) is 2.90. The highest BCUT2D eigenvalue weighted by Crippen LogP contribution is 2.22. The molecule has 2 amide bonds. The fourth-order valence-corrected chi connectivity index (χ4v) is 3.63. The van der Waals surface area contributed by atoms with E-state index in [2.05, 4.69) is 10.3 Å². The lowest BCUT2D eigenvalue weighted by Gasteiger charge is -2.23. The summed E-state index contributed by atoms with van der Waals surface area (Å²) in [4.78, 5) is 31.7. The van der Waals surface area contributed by atoms with Crippen LogP contribution < -0.4 is 10.2 Å². The number of pyridine rings is 1. The van der Waals surface area contributed by atoms with Crippen molar-refractivity contribution >= 4 is 17.5 Å². The van der Waals surface area contributed by atoms with Gasteiger partial charge in [0.25, 0.3) is 5.91 Å². The lowest BCUT2D eigenvalue weighted by atomic mass is 10.1. The van der Waals surface area contributed by atoms with E-state index in [1.54, 1.807) is 11.1 Å². The minimum absolute atomic E-state index is 0.0676. The molecule has 34 heavy (non-hydrogen) atoms.